The maximum atomic E-state index is 13.9. The molecule has 1 aromatic carbocycles. The fourth-order valence-corrected chi connectivity index (χ4v) is 5.80. The lowest BCUT2D eigenvalue weighted by Crippen LogP contribution is -2.34. The number of anilines is 1. The van der Waals surface area contributed by atoms with Crippen molar-refractivity contribution in [2.75, 3.05) is 32.2 Å². The number of nitrogens with one attached hydrogen (secondary N) is 1. The average molecular weight is 575 g/mol. The highest BCUT2D eigenvalue weighted by Gasteiger charge is 2.39. The predicted molar refractivity (Wildman–Crippen MR) is 150 cm³/mol. The molecule has 1 fully saturated rings. The Morgan fingerprint density at radius 1 is 1.15 bits per heavy atom. The predicted octanol–water partition coefficient (Wildman–Crippen LogP) is 3.96. The molecule has 12 nitrogen and oxygen atoms in total. The third-order valence-electron chi connectivity index (χ3n) is 6.80. The first-order valence-electron chi connectivity index (χ1n) is 13.2. The molecule has 0 radical (unpaired) electrons. The Labute approximate surface area is 235 Å². The van der Waals surface area contributed by atoms with Crippen LogP contribution in [-0.2, 0) is 19.5 Å². The minimum atomic E-state index is -4.10. The van der Waals surface area contributed by atoms with Gasteiger partial charge in [-0.25, -0.2) is 18.4 Å². The molecule has 2 aromatic heterocycles. The van der Waals surface area contributed by atoms with Gasteiger partial charge in [-0.05, 0) is 58.2 Å². The van der Waals surface area contributed by atoms with Crippen LogP contribution < -0.4 is 14.2 Å². The van der Waals surface area contributed by atoms with Gasteiger partial charge in [0.15, 0.2) is 5.82 Å². The molecule has 0 unspecified atom stereocenters. The Bertz CT molecular complexity index is 1390. The van der Waals surface area contributed by atoms with Crippen molar-refractivity contribution in [1.29, 1.82) is 0 Å². The molecule has 3 heterocycles. The van der Waals surface area contributed by atoms with Crippen LogP contribution in [0.15, 0.2) is 30.6 Å². The molecule has 13 heteroatoms. The van der Waals surface area contributed by atoms with Gasteiger partial charge in [-0.2, -0.15) is 0 Å². The number of rotatable bonds is 12. The number of para-hydroxylation sites is 1. The largest absolute Gasteiger partial charge is 0.494 e. The number of hydrogen-bond acceptors (Lipinski definition) is 10. The Morgan fingerprint density at radius 2 is 1.80 bits per heavy atom. The van der Waals surface area contributed by atoms with Crippen LogP contribution in [0.3, 0.4) is 0 Å². The van der Waals surface area contributed by atoms with Gasteiger partial charge in [-0.1, -0.05) is 13.0 Å². The lowest BCUT2D eigenvalue weighted by atomic mass is 9.97. The highest BCUT2D eigenvalue weighted by atomic mass is 32.2. The molecule has 1 aliphatic heterocycles. The summed E-state index contributed by atoms with van der Waals surface area (Å²) < 4.78 is 55.2. The molecule has 1 N–H and O–H groups in total. The monoisotopic (exact) mass is 574 g/mol. The third-order valence-corrected chi connectivity index (χ3v) is 8.49. The van der Waals surface area contributed by atoms with Crippen molar-refractivity contribution < 1.29 is 27.4 Å². The summed E-state index contributed by atoms with van der Waals surface area (Å²) in [6.07, 6.45) is 3.74. The minimum absolute atomic E-state index is 0.00609. The summed E-state index contributed by atoms with van der Waals surface area (Å²) in [5.74, 6) is 1.59. The molecule has 1 aliphatic rings. The molecule has 0 bridgehead atoms. The molecule has 218 valence electrons. The van der Waals surface area contributed by atoms with Crippen molar-refractivity contribution >= 4 is 16.0 Å². The molecule has 4 rings (SSSR count). The summed E-state index contributed by atoms with van der Waals surface area (Å²) in [5, 5.41) is 7.66. The number of ether oxygens (including phenoxy) is 4. The van der Waals surface area contributed by atoms with Gasteiger partial charge in [-0.15, -0.1) is 10.2 Å². The standard InChI is InChI=1S/C27H38N6O6S/c1-8-12-38-23(24-28-14-17(2)15-29-24)18(3)40(34,35)32-26-31-30-25(19-13-27(4,5)39-16-19)33(26)22-20(36-6)10-9-11-21(22)37-7/h9-11,14-15,18-19,23H,8,12-13,16H2,1-7H3,(H,31,32)/t18-,19+,23+/m0/s1. The van der Waals surface area contributed by atoms with Crippen molar-refractivity contribution in [3.05, 3.63) is 47.8 Å². The van der Waals surface area contributed by atoms with E-state index in [2.05, 4.69) is 24.9 Å². The molecular weight excluding hydrogens is 536 g/mol. The number of benzene rings is 1. The van der Waals surface area contributed by atoms with Crippen LogP contribution in [0.4, 0.5) is 5.95 Å². The number of aryl methyl sites for hydroxylation is 1. The van der Waals surface area contributed by atoms with Gasteiger partial charge in [0.25, 0.3) is 0 Å². The molecule has 0 saturated carbocycles. The topological polar surface area (TPSA) is 140 Å². The molecule has 3 atom stereocenters. The van der Waals surface area contributed by atoms with Crippen LogP contribution in [0.2, 0.25) is 0 Å². The van der Waals surface area contributed by atoms with Gasteiger partial charge >= 0.3 is 0 Å². The zero-order valence-corrected chi connectivity index (χ0v) is 24.9. The van der Waals surface area contributed by atoms with Crippen LogP contribution in [0.5, 0.6) is 11.5 Å². The van der Waals surface area contributed by atoms with E-state index in [9.17, 15) is 8.42 Å². The van der Waals surface area contributed by atoms with Crippen LogP contribution in [-0.4, -0.2) is 71.4 Å². The number of methoxy groups -OCH3 is 2. The van der Waals surface area contributed by atoms with Gasteiger partial charge in [0.05, 0.1) is 26.4 Å². The van der Waals surface area contributed by atoms with Gasteiger partial charge in [0, 0.05) is 24.9 Å². The van der Waals surface area contributed by atoms with Crippen LogP contribution >= 0.6 is 0 Å². The van der Waals surface area contributed by atoms with Gasteiger partial charge < -0.3 is 18.9 Å². The zero-order valence-electron chi connectivity index (χ0n) is 24.0. The van der Waals surface area contributed by atoms with E-state index in [-0.39, 0.29) is 23.3 Å². The minimum Gasteiger partial charge on any atom is -0.494 e. The number of nitrogens with zero attached hydrogens (tertiary/aromatic N) is 5. The second-order valence-corrected chi connectivity index (χ2v) is 12.5. The van der Waals surface area contributed by atoms with Crippen molar-refractivity contribution in [2.45, 2.75) is 70.3 Å². The van der Waals surface area contributed by atoms with E-state index in [1.165, 1.54) is 14.2 Å². The second kappa shape index (κ2) is 12.1. The third kappa shape index (κ3) is 6.21. The molecule has 40 heavy (non-hydrogen) atoms. The summed E-state index contributed by atoms with van der Waals surface area (Å²) in [5.41, 5.74) is 0.971. The lowest BCUT2D eigenvalue weighted by molar-refractivity contribution is 0.0360. The van der Waals surface area contributed by atoms with Gasteiger partial charge in [-0.3, -0.25) is 9.29 Å². The SMILES string of the molecule is CCCO[C@@H](c1ncc(C)cn1)[C@H](C)S(=O)(=O)Nc1nnc([C@H]2COC(C)(C)C2)n1-c1c(OC)cccc1OC. The maximum Gasteiger partial charge on any atom is 0.243 e. The summed E-state index contributed by atoms with van der Waals surface area (Å²) in [7, 11) is -1.03. The van der Waals surface area contributed by atoms with Crippen molar-refractivity contribution in [3.63, 3.8) is 0 Å². The van der Waals surface area contributed by atoms with Crippen LogP contribution in [0, 0.1) is 6.92 Å². The van der Waals surface area contributed by atoms with Gasteiger partial charge in [0.2, 0.25) is 16.0 Å². The molecule has 1 saturated heterocycles. The second-order valence-electron chi connectivity index (χ2n) is 10.5. The maximum absolute atomic E-state index is 13.9. The smallest absolute Gasteiger partial charge is 0.243 e. The number of aromatic nitrogens is 5. The molecule has 3 aromatic rings. The van der Waals surface area contributed by atoms with E-state index in [4.69, 9.17) is 18.9 Å². The Morgan fingerprint density at radius 3 is 2.35 bits per heavy atom. The summed E-state index contributed by atoms with van der Waals surface area (Å²) in [4.78, 5) is 8.69. The van der Waals surface area contributed by atoms with E-state index in [0.717, 1.165) is 5.56 Å². The quantitative estimate of drug-likeness (QED) is 0.338. The Hall–Kier alpha value is -3.29. The van der Waals surface area contributed by atoms with E-state index >= 15 is 0 Å². The first kappa shape index (κ1) is 29.7. The molecule has 0 aliphatic carbocycles. The van der Waals surface area contributed by atoms with Gasteiger partial charge in [0.1, 0.15) is 34.4 Å². The molecular formula is C27H38N6O6S. The first-order valence-corrected chi connectivity index (χ1v) is 14.8. The Balaban J connectivity index is 1.79. The van der Waals surface area contributed by atoms with Crippen molar-refractivity contribution in [3.8, 4) is 17.2 Å². The highest BCUT2D eigenvalue weighted by Crippen LogP contribution is 2.41. The first-order chi connectivity index (χ1) is 19.0. The average Bonchev–Trinajstić information content (AvgIpc) is 3.50. The number of hydrogen-bond donors (Lipinski definition) is 1. The molecule has 0 spiro atoms. The fraction of sp³-hybridized carbons (Fsp3) is 0.556. The van der Waals surface area contributed by atoms with Crippen LogP contribution in [0.25, 0.3) is 5.69 Å². The van der Waals surface area contributed by atoms with E-state index in [0.29, 0.717) is 49.1 Å². The van der Waals surface area contributed by atoms with Crippen LogP contribution in [0.1, 0.15) is 69.8 Å². The summed E-state index contributed by atoms with van der Waals surface area (Å²) >= 11 is 0. The van der Waals surface area contributed by atoms with Crippen molar-refractivity contribution in [2.24, 2.45) is 0 Å². The fourth-order valence-electron chi connectivity index (χ4n) is 4.70. The zero-order chi connectivity index (χ0) is 29.1. The van der Waals surface area contributed by atoms with E-state index < -0.39 is 21.4 Å². The Kier molecular flexibility index (Phi) is 8.96. The normalized spacial score (nSPS) is 18.3. The number of sulfonamides is 1. The lowest BCUT2D eigenvalue weighted by Gasteiger charge is -2.24. The molecule has 0 amide bonds. The van der Waals surface area contributed by atoms with E-state index in [1.54, 1.807) is 42.1 Å². The highest BCUT2D eigenvalue weighted by molar-refractivity contribution is 7.93. The summed E-state index contributed by atoms with van der Waals surface area (Å²) in [6.45, 7) is 10.1. The van der Waals surface area contributed by atoms with E-state index in [1.807, 2.05) is 27.7 Å². The van der Waals surface area contributed by atoms with Crippen molar-refractivity contribution in [1.82, 2.24) is 24.7 Å². The summed E-state index contributed by atoms with van der Waals surface area (Å²) in [6, 6.07) is 5.32.